The van der Waals surface area contributed by atoms with Gasteiger partial charge in [0.15, 0.2) is 15.6 Å². The van der Waals surface area contributed by atoms with E-state index in [1.807, 2.05) is 0 Å². The first kappa shape index (κ1) is 23.6. The predicted octanol–water partition coefficient (Wildman–Crippen LogP) is 4.26. The van der Waals surface area contributed by atoms with Gasteiger partial charge in [0.1, 0.15) is 18.1 Å². The highest BCUT2D eigenvalue weighted by molar-refractivity contribution is 7.90. The van der Waals surface area contributed by atoms with Gasteiger partial charge in [-0.05, 0) is 35.4 Å². The highest BCUT2D eigenvalue weighted by atomic mass is 32.2. The number of halogens is 3. The average molecular weight is 467 g/mol. The maximum atomic E-state index is 12.4. The molecule has 10 heteroatoms. The number of nitrogens with one attached hydrogen (secondary N) is 1. The number of furan rings is 1. The summed E-state index contributed by atoms with van der Waals surface area (Å²) >= 11 is 0. The first-order valence-corrected chi connectivity index (χ1v) is 11.1. The molecule has 0 aliphatic carbocycles. The van der Waals surface area contributed by atoms with E-state index in [-0.39, 0.29) is 35.3 Å². The number of carbonyl (C=O) groups is 1. The largest absolute Gasteiger partial charge is 0.455 e. The topological polar surface area (TPSA) is 85.6 Å². The van der Waals surface area contributed by atoms with Crippen LogP contribution >= 0.6 is 0 Å². The zero-order chi connectivity index (χ0) is 23.2. The van der Waals surface area contributed by atoms with Crippen molar-refractivity contribution in [2.24, 2.45) is 0 Å². The van der Waals surface area contributed by atoms with Crippen molar-refractivity contribution in [3.63, 3.8) is 0 Å². The van der Waals surface area contributed by atoms with E-state index in [0.717, 1.165) is 5.56 Å². The third-order valence-corrected chi connectivity index (χ3v) is 5.99. The van der Waals surface area contributed by atoms with Gasteiger partial charge in [0.25, 0.3) is 5.91 Å². The summed E-state index contributed by atoms with van der Waals surface area (Å²) in [5, 5.41) is 2.64. The van der Waals surface area contributed by atoms with Gasteiger partial charge in [-0.1, -0.05) is 42.5 Å². The van der Waals surface area contributed by atoms with Crippen molar-refractivity contribution in [2.75, 3.05) is 6.61 Å². The Morgan fingerprint density at radius 2 is 1.59 bits per heavy atom. The number of carbonyl (C=O) groups excluding carboxylic acids is 1. The van der Waals surface area contributed by atoms with Gasteiger partial charge in [-0.25, -0.2) is 8.42 Å². The second-order valence-corrected chi connectivity index (χ2v) is 8.93. The molecule has 0 bridgehead atoms. The number of alkyl halides is 3. The van der Waals surface area contributed by atoms with Crippen LogP contribution in [0.2, 0.25) is 0 Å². The third kappa shape index (κ3) is 6.96. The van der Waals surface area contributed by atoms with Crippen LogP contribution in [0, 0.1) is 0 Å². The molecule has 0 atom stereocenters. The van der Waals surface area contributed by atoms with Gasteiger partial charge in [-0.2, -0.15) is 13.2 Å². The van der Waals surface area contributed by atoms with Crippen LogP contribution in [0.15, 0.2) is 76.0 Å². The Bertz CT molecular complexity index is 1140. The van der Waals surface area contributed by atoms with E-state index in [1.54, 1.807) is 42.5 Å². The summed E-state index contributed by atoms with van der Waals surface area (Å²) in [6.45, 7) is -1.34. The molecular formula is C22H20F3NO5S. The van der Waals surface area contributed by atoms with Gasteiger partial charge in [0.2, 0.25) is 0 Å². The number of benzene rings is 2. The molecule has 0 saturated carbocycles. The molecule has 6 nitrogen and oxygen atoms in total. The predicted molar refractivity (Wildman–Crippen MR) is 109 cm³/mol. The average Bonchev–Trinajstić information content (AvgIpc) is 3.20. The smallest absolute Gasteiger partial charge is 0.411 e. The summed E-state index contributed by atoms with van der Waals surface area (Å²) < 4.78 is 71.1. The fourth-order valence-electron chi connectivity index (χ4n) is 2.78. The van der Waals surface area contributed by atoms with Crippen molar-refractivity contribution in [3.05, 3.63) is 89.4 Å². The summed E-state index contributed by atoms with van der Waals surface area (Å²) in [5.74, 6) is -0.782. The lowest BCUT2D eigenvalue weighted by molar-refractivity contribution is -0.176. The second kappa shape index (κ2) is 10.0. The molecule has 1 N–H and O–H groups in total. The summed E-state index contributed by atoms with van der Waals surface area (Å²) in [6.07, 6.45) is -4.37. The Labute approximate surface area is 182 Å². The first-order valence-electron chi connectivity index (χ1n) is 9.49. The molecule has 3 aromatic rings. The lowest BCUT2D eigenvalue weighted by Gasteiger charge is -2.08. The third-order valence-electron chi connectivity index (χ3n) is 4.33. The van der Waals surface area contributed by atoms with E-state index in [1.165, 1.54) is 24.3 Å². The molecule has 1 aromatic heterocycles. The lowest BCUT2D eigenvalue weighted by atomic mass is 10.1. The molecule has 170 valence electrons. The number of ether oxygens (including phenoxy) is 1. The fourth-order valence-corrected chi connectivity index (χ4v) is 4.05. The molecule has 1 amide bonds. The number of sulfone groups is 1. The first-order chi connectivity index (χ1) is 15.1. The van der Waals surface area contributed by atoms with E-state index < -0.39 is 28.5 Å². The molecular weight excluding hydrogens is 447 g/mol. The zero-order valence-corrected chi connectivity index (χ0v) is 17.6. The van der Waals surface area contributed by atoms with Crippen LogP contribution in [-0.4, -0.2) is 27.1 Å². The van der Waals surface area contributed by atoms with Crippen molar-refractivity contribution < 1.29 is 35.5 Å². The number of rotatable bonds is 9. The molecule has 3 rings (SSSR count). The van der Waals surface area contributed by atoms with Gasteiger partial charge in [-0.3, -0.25) is 4.79 Å². The number of amides is 1. The van der Waals surface area contributed by atoms with Crippen molar-refractivity contribution in [2.45, 2.75) is 30.0 Å². The number of hydrogen-bond donors (Lipinski definition) is 1. The second-order valence-electron chi connectivity index (χ2n) is 6.95. The SMILES string of the molecule is O=C(NCc1ccc(COCC(F)(F)F)cc1)c1ccc(CS(=O)(=O)c2ccccc2)o1. The molecule has 1 heterocycles. The summed E-state index contributed by atoms with van der Waals surface area (Å²) in [7, 11) is -3.60. The Kier molecular flexibility index (Phi) is 7.37. The molecule has 0 fully saturated rings. The highest BCUT2D eigenvalue weighted by Gasteiger charge is 2.27. The van der Waals surface area contributed by atoms with Crippen LogP contribution in [0.1, 0.15) is 27.4 Å². The Morgan fingerprint density at radius 3 is 2.25 bits per heavy atom. The molecule has 0 aliphatic rings. The van der Waals surface area contributed by atoms with Gasteiger partial charge in [0.05, 0.1) is 11.5 Å². The van der Waals surface area contributed by atoms with E-state index in [4.69, 9.17) is 4.42 Å². The van der Waals surface area contributed by atoms with Crippen LogP contribution < -0.4 is 5.32 Å². The van der Waals surface area contributed by atoms with Crippen molar-refractivity contribution in [1.82, 2.24) is 5.32 Å². The van der Waals surface area contributed by atoms with Crippen LogP contribution in [0.25, 0.3) is 0 Å². The van der Waals surface area contributed by atoms with Crippen molar-refractivity contribution in [1.29, 1.82) is 0 Å². The molecule has 0 spiro atoms. The van der Waals surface area contributed by atoms with Crippen LogP contribution in [0.5, 0.6) is 0 Å². The maximum absolute atomic E-state index is 12.4. The molecule has 0 aliphatic heterocycles. The summed E-state index contributed by atoms with van der Waals surface area (Å²) in [4.78, 5) is 12.5. The van der Waals surface area contributed by atoms with Crippen LogP contribution in [0.3, 0.4) is 0 Å². The molecule has 0 radical (unpaired) electrons. The lowest BCUT2D eigenvalue weighted by Crippen LogP contribution is -2.22. The van der Waals surface area contributed by atoms with Crippen LogP contribution in [0.4, 0.5) is 13.2 Å². The quantitative estimate of drug-likeness (QED) is 0.508. The minimum atomic E-state index is -4.37. The maximum Gasteiger partial charge on any atom is 0.411 e. The normalized spacial score (nSPS) is 12.0. The van der Waals surface area contributed by atoms with E-state index >= 15 is 0 Å². The molecule has 32 heavy (non-hydrogen) atoms. The van der Waals surface area contributed by atoms with E-state index in [2.05, 4.69) is 10.1 Å². The Balaban J connectivity index is 1.51. The number of hydrogen-bond acceptors (Lipinski definition) is 5. The van der Waals surface area contributed by atoms with Gasteiger partial charge in [0, 0.05) is 6.54 Å². The fraction of sp³-hybridized carbons (Fsp3) is 0.227. The minimum Gasteiger partial charge on any atom is -0.455 e. The van der Waals surface area contributed by atoms with Crippen molar-refractivity contribution in [3.8, 4) is 0 Å². The van der Waals surface area contributed by atoms with Crippen molar-refractivity contribution >= 4 is 15.7 Å². The zero-order valence-electron chi connectivity index (χ0n) is 16.8. The minimum absolute atomic E-state index is 0.0274. The molecule has 0 saturated heterocycles. The van der Waals surface area contributed by atoms with Gasteiger partial charge >= 0.3 is 6.18 Å². The Hall–Kier alpha value is -3.11. The van der Waals surface area contributed by atoms with E-state index in [9.17, 15) is 26.4 Å². The molecule has 2 aromatic carbocycles. The highest BCUT2D eigenvalue weighted by Crippen LogP contribution is 2.18. The van der Waals surface area contributed by atoms with Crippen LogP contribution in [-0.2, 0) is 33.5 Å². The Morgan fingerprint density at radius 1 is 0.938 bits per heavy atom. The summed E-state index contributed by atoms with van der Waals surface area (Å²) in [5.41, 5.74) is 1.29. The molecule has 0 unspecified atom stereocenters. The van der Waals surface area contributed by atoms with Gasteiger partial charge < -0.3 is 14.5 Å². The monoisotopic (exact) mass is 467 g/mol. The standard InChI is InChI=1S/C22H20F3NO5S/c23-22(24,25)15-30-13-17-8-6-16(7-9-17)12-26-21(27)20-11-10-18(31-20)14-32(28,29)19-4-2-1-3-5-19/h1-11H,12-15H2,(H,26,27). The van der Waals surface area contributed by atoms with E-state index in [0.29, 0.717) is 5.56 Å². The summed E-state index contributed by atoms with van der Waals surface area (Å²) in [6, 6.07) is 17.3. The van der Waals surface area contributed by atoms with Gasteiger partial charge in [-0.15, -0.1) is 0 Å².